The molecule has 0 saturated carbocycles. The van der Waals surface area contributed by atoms with E-state index in [4.69, 9.17) is 4.74 Å². The van der Waals surface area contributed by atoms with Crippen LogP contribution in [0, 0.1) is 0 Å². The second-order valence-electron chi connectivity index (χ2n) is 8.87. The highest BCUT2D eigenvalue weighted by atomic mass is 16.6. The lowest BCUT2D eigenvalue weighted by molar-refractivity contribution is -0.135. The number of aromatic nitrogens is 1. The first-order valence-corrected chi connectivity index (χ1v) is 10.3. The van der Waals surface area contributed by atoms with E-state index in [-0.39, 0.29) is 23.9 Å². The van der Waals surface area contributed by atoms with Crippen LogP contribution < -0.4 is 5.32 Å². The molecule has 3 heterocycles. The highest BCUT2D eigenvalue weighted by Crippen LogP contribution is 2.30. The Labute approximate surface area is 175 Å². The molecule has 30 heavy (non-hydrogen) atoms. The molecule has 7 heteroatoms. The largest absolute Gasteiger partial charge is 0.444 e. The lowest BCUT2D eigenvalue weighted by Crippen LogP contribution is -2.41. The minimum Gasteiger partial charge on any atom is -0.444 e. The molecule has 2 aromatic rings. The number of carbonyl (C=O) groups is 3. The lowest BCUT2D eigenvalue weighted by Gasteiger charge is -2.29. The molecule has 1 unspecified atom stereocenters. The van der Waals surface area contributed by atoms with E-state index in [0.717, 1.165) is 22.9 Å². The summed E-state index contributed by atoms with van der Waals surface area (Å²) in [5.41, 5.74) is 2.79. The topological polar surface area (TPSA) is 80.6 Å². The number of imide groups is 1. The summed E-state index contributed by atoms with van der Waals surface area (Å²) in [6.07, 6.45) is 5.34. The molecule has 4 rings (SSSR count). The van der Waals surface area contributed by atoms with Crippen molar-refractivity contribution in [1.82, 2.24) is 14.8 Å². The van der Waals surface area contributed by atoms with Crippen molar-refractivity contribution in [3.63, 3.8) is 0 Å². The fourth-order valence-corrected chi connectivity index (χ4v) is 4.01. The van der Waals surface area contributed by atoms with Gasteiger partial charge in [-0.15, -0.1) is 0 Å². The van der Waals surface area contributed by atoms with Crippen molar-refractivity contribution in [2.24, 2.45) is 0 Å². The first-order valence-electron chi connectivity index (χ1n) is 10.3. The molecule has 7 nitrogen and oxygen atoms in total. The van der Waals surface area contributed by atoms with Gasteiger partial charge >= 0.3 is 6.09 Å². The highest BCUT2D eigenvalue weighted by Gasteiger charge is 2.29. The predicted octanol–water partition coefficient (Wildman–Crippen LogP) is 3.64. The van der Waals surface area contributed by atoms with Crippen LogP contribution in [0.5, 0.6) is 0 Å². The van der Waals surface area contributed by atoms with Gasteiger partial charge in [-0.25, -0.2) is 4.79 Å². The molecule has 2 aliphatic heterocycles. The fraction of sp³-hybridized carbons (Fsp3) is 0.435. The van der Waals surface area contributed by atoms with Gasteiger partial charge in [0.05, 0.1) is 0 Å². The van der Waals surface area contributed by atoms with Crippen molar-refractivity contribution < 1.29 is 19.1 Å². The van der Waals surface area contributed by atoms with Crippen molar-refractivity contribution in [3.8, 4) is 0 Å². The third-order valence-corrected chi connectivity index (χ3v) is 5.50. The van der Waals surface area contributed by atoms with Crippen molar-refractivity contribution in [3.05, 3.63) is 42.1 Å². The van der Waals surface area contributed by atoms with Crippen LogP contribution in [0.1, 0.15) is 51.6 Å². The quantitative estimate of drug-likeness (QED) is 0.768. The molecule has 2 aliphatic rings. The van der Waals surface area contributed by atoms with E-state index in [1.807, 2.05) is 43.7 Å². The summed E-state index contributed by atoms with van der Waals surface area (Å²) < 4.78 is 7.40. The summed E-state index contributed by atoms with van der Waals surface area (Å²) in [7, 11) is 0. The van der Waals surface area contributed by atoms with Gasteiger partial charge in [0.25, 0.3) is 0 Å². The zero-order chi connectivity index (χ0) is 21.5. The van der Waals surface area contributed by atoms with Crippen LogP contribution in [-0.2, 0) is 14.3 Å². The Hall–Kier alpha value is -3.09. The van der Waals surface area contributed by atoms with Crippen LogP contribution in [0.4, 0.5) is 4.79 Å². The number of nitrogens with one attached hydrogen (secondary N) is 1. The number of ether oxygens (including phenoxy) is 1. The molecule has 1 fully saturated rings. The van der Waals surface area contributed by atoms with E-state index >= 15 is 0 Å². The molecule has 158 valence electrons. The number of hydrogen-bond acceptors (Lipinski definition) is 4. The van der Waals surface area contributed by atoms with Crippen molar-refractivity contribution >= 4 is 34.4 Å². The predicted molar refractivity (Wildman–Crippen MR) is 114 cm³/mol. The Bertz CT molecular complexity index is 1040. The molecule has 1 atom stereocenters. The Morgan fingerprint density at radius 1 is 1.17 bits per heavy atom. The molecule has 1 aromatic heterocycles. The van der Waals surface area contributed by atoms with E-state index in [0.29, 0.717) is 25.9 Å². The molecule has 1 N–H and O–H groups in total. The summed E-state index contributed by atoms with van der Waals surface area (Å²) in [4.78, 5) is 37.6. The monoisotopic (exact) mass is 409 g/mol. The summed E-state index contributed by atoms with van der Waals surface area (Å²) >= 11 is 0. The van der Waals surface area contributed by atoms with Crippen LogP contribution in [0.3, 0.4) is 0 Å². The average Bonchev–Trinajstić information content (AvgIpc) is 3.10. The summed E-state index contributed by atoms with van der Waals surface area (Å²) in [5.74, 6) is -0.454. The molecule has 0 aliphatic carbocycles. The Balaban J connectivity index is 1.51. The minimum atomic E-state index is -0.498. The maximum Gasteiger partial charge on any atom is 0.410 e. The normalized spacial score (nSPS) is 20.2. The number of hydrogen-bond donors (Lipinski definition) is 1. The number of piperidine rings is 1. The highest BCUT2D eigenvalue weighted by molar-refractivity contribution is 6.00. The molecule has 3 amide bonds. The van der Waals surface area contributed by atoms with E-state index in [9.17, 15) is 14.4 Å². The van der Waals surface area contributed by atoms with Crippen molar-refractivity contribution in [2.75, 3.05) is 13.1 Å². The fourth-order valence-electron chi connectivity index (χ4n) is 4.01. The maximum absolute atomic E-state index is 12.2. The Morgan fingerprint density at radius 3 is 2.63 bits per heavy atom. The third-order valence-electron chi connectivity index (χ3n) is 5.50. The van der Waals surface area contributed by atoms with Gasteiger partial charge in [0, 0.05) is 36.6 Å². The second-order valence-corrected chi connectivity index (χ2v) is 8.87. The van der Waals surface area contributed by atoms with Gasteiger partial charge in [0.15, 0.2) is 0 Å². The summed E-state index contributed by atoms with van der Waals surface area (Å²) in [5, 5.41) is 3.47. The standard InChI is InChI=1S/C23H27N3O4/c1-23(2,3)30-22(29)25-11-8-15(9-12-25)16-4-5-18-17(14-16)10-13-26(18)19-6-7-20(27)24-21(19)28/h4-5,8,10,13-14,19H,6-7,9,11-12H2,1-3H3,(H,24,27,28). The lowest BCUT2D eigenvalue weighted by atomic mass is 9.98. The first-order chi connectivity index (χ1) is 14.2. The molecule has 0 radical (unpaired) electrons. The van der Waals surface area contributed by atoms with Crippen LogP contribution in [0.2, 0.25) is 0 Å². The third kappa shape index (κ3) is 4.10. The van der Waals surface area contributed by atoms with E-state index < -0.39 is 5.60 Å². The zero-order valence-electron chi connectivity index (χ0n) is 17.6. The molecule has 0 bridgehead atoms. The Morgan fingerprint density at radius 2 is 1.97 bits per heavy atom. The average molecular weight is 409 g/mol. The van der Waals surface area contributed by atoms with Gasteiger partial charge in [-0.3, -0.25) is 14.9 Å². The maximum atomic E-state index is 12.2. The van der Waals surface area contributed by atoms with Crippen LogP contribution in [-0.4, -0.2) is 46.1 Å². The SMILES string of the molecule is CC(C)(C)OC(=O)N1CC=C(c2ccc3c(ccn3C3CCC(=O)NC3=O)c2)CC1. The van der Waals surface area contributed by atoms with E-state index in [1.165, 1.54) is 5.57 Å². The molecular weight excluding hydrogens is 382 g/mol. The number of nitrogens with zero attached hydrogens (tertiary/aromatic N) is 2. The molecule has 0 spiro atoms. The minimum absolute atomic E-state index is 0.209. The molecule has 1 aromatic carbocycles. The zero-order valence-corrected chi connectivity index (χ0v) is 17.6. The summed E-state index contributed by atoms with van der Waals surface area (Å²) in [6, 6.07) is 7.84. The van der Waals surface area contributed by atoms with Crippen molar-refractivity contribution in [2.45, 2.75) is 51.7 Å². The first kappa shape index (κ1) is 20.2. The second kappa shape index (κ2) is 7.63. The van der Waals surface area contributed by atoms with Gasteiger partial charge in [-0.1, -0.05) is 12.1 Å². The van der Waals surface area contributed by atoms with Crippen LogP contribution in [0.25, 0.3) is 16.5 Å². The van der Waals surface area contributed by atoms with Gasteiger partial charge < -0.3 is 14.2 Å². The molecule has 1 saturated heterocycles. The van der Waals surface area contributed by atoms with E-state index in [1.54, 1.807) is 4.90 Å². The van der Waals surface area contributed by atoms with E-state index in [2.05, 4.69) is 23.5 Å². The Kier molecular flexibility index (Phi) is 5.13. The van der Waals surface area contributed by atoms with Gasteiger partial charge in [0.1, 0.15) is 11.6 Å². The van der Waals surface area contributed by atoms with Gasteiger partial charge in [0.2, 0.25) is 11.8 Å². The van der Waals surface area contributed by atoms with Crippen LogP contribution >= 0.6 is 0 Å². The van der Waals surface area contributed by atoms with Gasteiger partial charge in [-0.2, -0.15) is 0 Å². The van der Waals surface area contributed by atoms with Crippen molar-refractivity contribution in [1.29, 1.82) is 0 Å². The smallest absolute Gasteiger partial charge is 0.410 e. The number of carbonyl (C=O) groups excluding carboxylic acids is 3. The number of rotatable bonds is 2. The number of amides is 3. The van der Waals surface area contributed by atoms with Gasteiger partial charge in [-0.05, 0) is 62.9 Å². The molecular formula is C23H27N3O4. The number of fused-ring (bicyclic) bond motifs is 1. The van der Waals surface area contributed by atoms with Crippen LogP contribution in [0.15, 0.2) is 36.5 Å². The summed E-state index contributed by atoms with van der Waals surface area (Å²) in [6.45, 7) is 6.75. The number of benzene rings is 1.